The van der Waals surface area contributed by atoms with Gasteiger partial charge in [0.25, 0.3) is 0 Å². The second-order valence-corrected chi connectivity index (χ2v) is 11.4. The van der Waals surface area contributed by atoms with E-state index in [2.05, 4.69) is 44.3 Å². The monoisotopic (exact) mass is 570 g/mol. The maximum Gasteiger partial charge on any atom is 0.309 e. The molecule has 0 saturated carbocycles. The lowest BCUT2D eigenvalue weighted by Crippen LogP contribution is -2.35. The van der Waals surface area contributed by atoms with E-state index in [-0.39, 0.29) is 18.4 Å². The molecule has 42 heavy (non-hydrogen) atoms. The van der Waals surface area contributed by atoms with E-state index in [9.17, 15) is 14.7 Å². The van der Waals surface area contributed by atoms with Gasteiger partial charge in [-0.1, -0.05) is 49.7 Å². The van der Waals surface area contributed by atoms with Crippen LogP contribution in [0.4, 0.5) is 5.69 Å². The van der Waals surface area contributed by atoms with Gasteiger partial charge in [-0.15, -0.1) is 0 Å². The Morgan fingerprint density at radius 3 is 2.26 bits per heavy atom. The highest BCUT2D eigenvalue weighted by Crippen LogP contribution is 2.48. The van der Waals surface area contributed by atoms with E-state index in [4.69, 9.17) is 14.2 Å². The van der Waals surface area contributed by atoms with Gasteiger partial charge in [0.2, 0.25) is 5.91 Å². The Morgan fingerprint density at radius 1 is 0.881 bits per heavy atom. The van der Waals surface area contributed by atoms with Gasteiger partial charge in [-0.25, -0.2) is 0 Å². The number of aliphatic carboxylic acids is 1. The zero-order valence-corrected chi connectivity index (χ0v) is 24.4. The van der Waals surface area contributed by atoms with E-state index in [1.54, 1.807) is 0 Å². The van der Waals surface area contributed by atoms with Gasteiger partial charge in [-0.2, -0.15) is 0 Å². The molecule has 8 nitrogen and oxygen atoms in total. The molecule has 1 fully saturated rings. The SMILES string of the molecule is CCc1cc(C)cc(CC)c1NC(=O)CN1C[C@H](c2ccc3c(c2)OCCO3)C(C(=O)O)[C@@H]1c1ccc2c(c1)CCO2. The van der Waals surface area contributed by atoms with Gasteiger partial charge in [0.05, 0.1) is 19.1 Å². The van der Waals surface area contributed by atoms with Gasteiger partial charge < -0.3 is 24.6 Å². The molecule has 3 atom stereocenters. The molecule has 0 aromatic heterocycles. The summed E-state index contributed by atoms with van der Waals surface area (Å²) < 4.78 is 17.3. The van der Waals surface area contributed by atoms with Crippen molar-refractivity contribution in [3.8, 4) is 17.2 Å². The third-order valence-electron chi connectivity index (χ3n) is 8.75. The van der Waals surface area contributed by atoms with Crippen LogP contribution in [0.3, 0.4) is 0 Å². The molecule has 1 saturated heterocycles. The molecule has 3 aliphatic rings. The van der Waals surface area contributed by atoms with Crippen LogP contribution in [0.1, 0.15) is 59.2 Å². The van der Waals surface area contributed by atoms with Gasteiger partial charge >= 0.3 is 5.97 Å². The highest BCUT2D eigenvalue weighted by atomic mass is 16.6. The van der Waals surface area contributed by atoms with Gasteiger partial charge in [0.15, 0.2) is 11.5 Å². The number of ether oxygens (including phenoxy) is 3. The first-order valence-electron chi connectivity index (χ1n) is 14.9. The van der Waals surface area contributed by atoms with Crippen molar-refractivity contribution >= 4 is 17.6 Å². The van der Waals surface area contributed by atoms with Gasteiger partial charge in [-0.3, -0.25) is 14.5 Å². The number of amides is 1. The van der Waals surface area contributed by atoms with E-state index in [1.807, 2.05) is 35.2 Å². The standard InChI is InChI=1S/C34H38N2O6/c1-4-21-14-20(3)15-22(5-2)32(21)35-30(37)19-36-18-26(23-6-9-28-29(17-23)42-13-12-41-28)31(34(38)39)33(36)25-7-8-27-24(16-25)10-11-40-27/h6-9,14-17,26,31,33H,4-5,10-13,18-19H2,1-3H3,(H,35,37)(H,38,39)/t26-,31?,33+/m1/s1. The summed E-state index contributed by atoms with van der Waals surface area (Å²) in [6.07, 6.45) is 2.40. The molecule has 3 aromatic rings. The molecule has 1 unspecified atom stereocenters. The number of benzene rings is 3. The second-order valence-electron chi connectivity index (χ2n) is 11.4. The summed E-state index contributed by atoms with van der Waals surface area (Å²) in [5, 5.41) is 13.9. The lowest BCUT2D eigenvalue weighted by atomic mass is 9.82. The highest BCUT2D eigenvalue weighted by Gasteiger charge is 2.48. The van der Waals surface area contributed by atoms with Crippen molar-refractivity contribution in [1.29, 1.82) is 0 Å². The molecule has 0 aliphatic carbocycles. The number of aryl methyl sites for hydroxylation is 3. The zero-order valence-electron chi connectivity index (χ0n) is 24.4. The number of nitrogens with one attached hydrogen (secondary N) is 1. The van der Waals surface area contributed by atoms with Crippen LogP contribution in [0.25, 0.3) is 0 Å². The largest absolute Gasteiger partial charge is 0.493 e. The minimum atomic E-state index is -0.889. The van der Waals surface area contributed by atoms with Crippen LogP contribution in [0, 0.1) is 12.8 Å². The van der Waals surface area contributed by atoms with Crippen LogP contribution in [0.5, 0.6) is 17.2 Å². The Morgan fingerprint density at radius 2 is 1.55 bits per heavy atom. The highest BCUT2D eigenvalue weighted by molar-refractivity contribution is 5.94. The number of carbonyl (C=O) groups excluding carboxylic acids is 1. The molecule has 8 heteroatoms. The van der Waals surface area contributed by atoms with E-state index >= 15 is 0 Å². The van der Waals surface area contributed by atoms with Gasteiger partial charge in [0.1, 0.15) is 19.0 Å². The summed E-state index contributed by atoms with van der Waals surface area (Å²) >= 11 is 0. The van der Waals surface area contributed by atoms with Crippen molar-refractivity contribution in [3.05, 3.63) is 81.9 Å². The first-order chi connectivity index (χ1) is 20.4. The van der Waals surface area contributed by atoms with Crippen molar-refractivity contribution in [2.75, 3.05) is 38.2 Å². The number of carboxylic acid groups (broad SMARTS) is 1. The van der Waals surface area contributed by atoms with Crippen LogP contribution in [-0.4, -0.2) is 54.8 Å². The number of rotatable bonds is 8. The quantitative estimate of drug-likeness (QED) is 0.379. The third-order valence-corrected chi connectivity index (χ3v) is 8.75. The van der Waals surface area contributed by atoms with E-state index in [1.165, 1.54) is 5.56 Å². The number of carbonyl (C=O) groups is 2. The van der Waals surface area contributed by atoms with Crippen molar-refractivity contribution in [3.63, 3.8) is 0 Å². The molecule has 0 spiro atoms. The van der Waals surface area contributed by atoms with Crippen LogP contribution in [-0.2, 0) is 28.9 Å². The zero-order chi connectivity index (χ0) is 29.4. The molecule has 3 aliphatic heterocycles. The number of hydrogen-bond donors (Lipinski definition) is 2. The average Bonchev–Trinajstić information content (AvgIpc) is 3.62. The molecular weight excluding hydrogens is 532 g/mol. The normalized spacial score (nSPS) is 21.1. The molecule has 6 rings (SSSR count). The molecule has 0 radical (unpaired) electrons. The lowest BCUT2D eigenvalue weighted by molar-refractivity contribution is -0.143. The summed E-state index contributed by atoms with van der Waals surface area (Å²) in [5.74, 6) is -0.0178. The van der Waals surface area contributed by atoms with E-state index < -0.39 is 17.9 Å². The van der Waals surface area contributed by atoms with E-state index in [0.29, 0.717) is 37.9 Å². The summed E-state index contributed by atoms with van der Waals surface area (Å²) in [5.41, 5.74) is 7.09. The van der Waals surface area contributed by atoms with Crippen molar-refractivity contribution in [2.45, 2.75) is 52.0 Å². The molecule has 3 aromatic carbocycles. The fraction of sp³-hybridized carbons (Fsp3) is 0.412. The van der Waals surface area contributed by atoms with Crippen LogP contribution < -0.4 is 19.5 Å². The smallest absolute Gasteiger partial charge is 0.309 e. The average molecular weight is 571 g/mol. The predicted octanol–water partition coefficient (Wildman–Crippen LogP) is 5.31. The topological polar surface area (TPSA) is 97.3 Å². The summed E-state index contributed by atoms with van der Waals surface area (Å²) in [4.78, 5) is 28.7. The first kappa shape index (κ1) is 28.1. The number of likely N-dealkylation sites (tertiary alicyclic amines) is 1. The number of anilines is 1. The summed E-state index contributed by atoms with van der Waals surface area (Å²) in [7, 11) is 0. The Hall–Kier alpha value is -4.04. The third kappa shape index (κ3) is 5.31. The van der Waals surface area contributed by atoms with Gasteiger partial charge in [-0.05, 0) is 65.8 Å². The van der Waals surface area contributed by atoms with Crippen molar-refractivity contribution in [1.82, 2.24) is 4.90 Å². The Labute approximate surface area is 246 Å². The number of nitrogens with zero attached hydrogens (tertiary/aromatic N) is 1. The Balaban J connectivity index is 1.35. The molecule has 1 amide bonds. The summed E-state index contributed by atoms with van der Waals surface area (Å²) in [6.45, 7) is 8.30. The predicted molar refractivity (Wildman–Crippen MR) is 160 cm³/mol. The van der Waals surface area contributed by atoms with E-state index in [0.717, 1.165) is 58.5 Å². The number of fused-ring (bicyclic) bond motifs is 2. The summed E-state index contributed by atoms with van der Waals surface area (Å²) in [6, 6.07) is 15.4. The number of carboxylic acids is 1. The fourth-order valence-electron chi connectivity index (χ4n) is 6.83. The lowest BCUT2D eigenvalue weighted by Gasteiger charge is -2.27. The Kier molecular flexibility index (Phi) is 7.82. The number of hydrogen-bond acceptors (Lipinski definition) is 6. The first-order valence-corrected chi connectivity index (χ1v) is 14.9. The molecule has 220 valence electrons. The van der Waals surface area contributed by atoms with Crippen LogP contribution >= 0.6 is 0 Å². The van der Waals surface area contributed by atoms with Gasteiger partial charge in [0, 0.05) is 30.6 Å². The minimum Gasteiger partial charge on any atom is -0.493 e. The molecule has 2 N–H and O–H groups in total. The molecular formula is C34H38N2O6. The van der Waals surface area contributed by atoms with Crippen molar-refractivity contribution in [2.24, 2.45) is 5.92 Å². The fourth-order valence-corrected chi connectivity index (χ4v) is 6.83. The van der Waals surface area contributed by atoms with Crippen LogP contribution in [0.2, 0.25) is 0 Å². The minimum absolute atomic E-state index is 0.0727. The second kappa shape index (κ2) is 11.7. The molecule has 3 heterocycles. The maximum absolute atomic E-state index is 13.7. The molecule has 0 bridgehead atoms. The maximum atomic E-state index is 13.7. The van der Waals surface area contributed by atoms with Crippen molar-refractivity contribution < 1.29 is 28.9 Å². The van der Waals surface area contributed by atoms with Crippen LogP contribution in [0.15, 0.2) is 48.5 Å². The Bertz CT molecular complexity index is 1490.